The van der Waals surface area contributed by atoms with Crippen molar-refractivity contribution < 1.29 is 13.6 Å². The molecule has 1 aliphatic rings. The van der Waals surface area contributed by atoms with Crippen LogP contribution in [0.1, 0.15) is 5.56 Å². The van der Waals surface area contributed by atoms with E-state index in [9.17, 15) is 13.6 Å². The van der Waals surface area contributed by atoms with E-state index in [1.54, 1.807) is 0 Å². The molecule has 0 aliphatic carbocycles. The van der Waals surface area contributed by atoms with Gasteiger partial charge in [-0.2, -0.15) is 0 Å². The lowest BCUT2D eigenvalue weighted by Crippen LogP contribution is -2.41. The zero-order chi connectivity index (χ0) is 12.4. The van der Waals surface area contributed by atoms with Crippen LogP contribution in [0.3, 0.4) is 0 Å². The summed E-state index contributed by atoms with van der Waals surface area (Å²) in [5.41, 5.74) is 1.97. The molecule has 1 aromatic rings. The van der Waals surface area contributed by atoms with Crippen LogP contribution in [0.25, 0.3) is 0 Å². The van der Waals surface area contributed by atoms with Crippen LogP contribution in [0.5, 0.6) is 0 Å². The van der Waals surface area contributed by atoms with Crippen LogP contribution < -0.4 is 5.32 Å². The van der Waals surface area contributed by atoms with Crippen molar-refractivity contribution in [3.8, 4) is 0 Å². The number of para-hydroxylation sites is 1. The van der Waals surface area contributed by atoms with Crippen LogP contribution in [0.4, 0.5) is 14.5 Å². The summed E-state index contributed by atoms with van der Waals surface area (Å²) in [5, 5.41) is 3.05. The first-order valence-electron chi connectivity index (χ1n) is 5.45. The molecule has 1 aromatic carbocycles. The zero-order valence-corrected chi connectivity index (χ0v) is 9.49. The molecule has 17 heavy (non-hydrogen) atoms. The molecule has 3 nitrogen and oxygen atoms in total. The Balaban J connectivity index is 2.01. The maximum Gasteiger partial charge on any atom is 0.255 e. The summed E-state index contributed by atoms with van der Waals surface area (Å²) in [7, 11) is 1.40. The van der Waals surface area contributed by atoms with Crippen molar-refractivity contribution in [2.75, 3.05) is 18.9 Å². The Morgan fingerprint density at radius 2 is 2.24 bits per heavy atom. The van der Waals surface area contributed by atoms with Gasteiger partial charge in [0.15, 0.2) is 0 Å². The van der Waals surface area contributed by atoms with E-state index in [1.807, 2.05) is 24.3 Å². The predicted molar refractivity (Wildman–Crippen MR) is 61.2 cm³/mol. The average Bonchev–Trinajstić information content (AvgIpc) is 2.70. The molecule has 92 valence electrons. The van der Waals surface area contributed by atoms with Crippen molar-refractivity contribution in [2.24, 2.45) is 0 Å². The van der Waals surface area contributed by atoms with Gasteiger partial charge in [-0.1, -0.05) is 18.2 Å². The molecule has 1 heterocycles. The molecule has 0 fully saturated rings. The van der Waals surface area contributed by atoms with Gasteiger partial charge in [0.2, 0.25) is 5.91 Å². The smallest absolute Gasteiger partial charge is 0.255 e. The molecule has 1 N–H and O–H groups in total. The minimum absolute atomic E-state index is 0.290. The Morgan fingerprint density at radius 1 is 1.53 bits per heavy atom. The number of fused-ring (bicyclic) bond motifs is 1. The van der Waals surface area contributed by atoms with Gasteiger partial charge in [-0.05, 0) is 11.6 Å². The van der Waals surface area contributed by atoms with Gasteiger partial charge >= 0.3 is 0 Å². The molecular weight excluding hydrogens is 226 g/mol. The second-order valence-corrected chi connectivity index (χ2v) is 4.17. The van der Waals surface area contributed by atoms with Gasteiger partial charge in [0.1, 0.15) is 6.04 Å². The van der Waals surface area contributed by atoms with E-state index in [2.05, 4.69) is 5.32 Å². The first-order chi connectivity index (χ1) is 8.08. The number of anilines is 1. The van der Waals surface area contributed by atoms with Crippen molar-refractivity contribution in [3.05, 3.63) is 29.8 Å². The monoisotopic (exact) mass is 240 g/mol. The van der Waals surface area contributed by atoms with Gasteiger partial charge in [0, 0.05) is 19.2 Å². The van der Waals surface area contributed by atoms with E-state index >= 15 is 0 Å². The van der Waals surface area contributed by atoms with Crippen molar-refractivity contribution in [1.29, 1.82) is 0 Å². The second-order valence-electron chi connectivity index (χ2n) is 4.17. The van der Waals surface area contributed by atoms with Crippen LogP contribution in [-0.2, 0) is 11.2 Å². The fourth-order valence-electron chi connectivity index (χ4n) is 2.01. The maximum absolute atomic E-state index is 12.2. The van der Waals surface area contributed by atoms with E-state index in [0.29, 0.717) is 6.42 Å². The van der Waals surface area contributed by atoms with E-state index < -0.39 is 19.0 Å². The highest BCUT2D eigenvalue weighted by Crippen LogP contribution is 2.25. The number of carbonyl (C=O) groups excluding carboxylic acids is 1. The summed E-state index contributed by atoms with van der Waals surface area (Å²) < 4.78 is 24.4. The van der Waals surface area contributed by atoms with Crippen LogP contribution in [0.2, 0.25) is 0 Å². The number of likely N-dealkylation sites (N-methyl/N-ethyl adjacent to an activating group) is 1. The topological polar surface area (TPSA) is 32.3 Å². The number of benzene rings is 1. The van der Waals surface area contributed by atoms with Gasteiger partial charge in [-0.15, -0.1) is 0 Å². The van der Waals surface area contributed by atoms with E-state index in [0.717, 1.165) is 16.2 Å². The van der Waals surface area contributed by atoms with E-state index in [-0.39, 0.29) is 5.91 Å². The maximum atomic E-state index is 12.2. The van der Waals surface area contributed by atoms with Crippen molar-refractivity contribution >= 4 is 11.6 Å². The minimum Gasteiger partial charge on any atom is -0.373 e. The van der Waals surface area contributed by atoms with Crippen LogP contribution >= 0.6 is 0 Å². The Kier molecular flexibility index (Phi) is 3.26. The summed E-state index contributed by atoms with van der Waals surface area (Å²) in [6, 6.07) is 7.17. The van der Waals surface area contributed by atoms with Gasteiger partial charge < -0.3 is 10.2 Å². The summed E-state index contributed by atoms with van der Waals surface area (Å²) >= 11 is 0. The van der Waals surface area contributed by atoms with Gasteiger partial charge in [-0.25, -0.2) is 8.78 Å². The number of amides is 1. The standard InChI is InChI=1S/C12H14F2N2O/c1-16(7-11(13)14)12(17)10-6-8-4-2-3-5-9(8)15-10/h2-5,10-11,15H,6-7H2,1H3/t10-/m0/s1. The number of hydrogen-bond donors (Lipinski definition) is 1. The first kappa shape index (κ1) is 11.8. The van der Waals surface area contributed by atoms with Crippen molar-refractivity contribution in [3.63, 3.8) is 0 Å². The third kappa shape index (κ3) is 2.54. The Hall–Kier alpha value is -1.65. The summed E-state index contributed by atoms with van der Waals surface area (Å²) in [5.74, 6) is -0.290. The number of hydrogen-bond acceptors (Lipinski definition) is 2. The van der Waals surface area contributed by atoms with Crippen molar-refractivity contribution in [1.82, 2.24) is 4.90 Å². The fourth-order valence-corrected chi connectivity index (χ4v) is 2.01. The SMILES string of the molecule is CN(CC(F)F)C(=O)[C@@H]1Cc2ccccc2N1. The average molecular weight is 240 g/mol. The number of carbonyl (C=O) groups is 1. The molecular formula is C12H14F2N2O. The molecule has 0 saturated heterocycles. The zero-order valence-electron chi connectivity index (χ0n) is 9.49. The highest BCUT2D eigenvalue weighted by Gasteiger charge is 2.29. The molecule has 0 saturated carbocycles. The minimum atomic E-state index is -2.49. The molecule has 1 amide bonds. The number of alkyl halides is 2. The largest absolute Gasteiger partial charge is 0.373 e. The normalized spacial score (nSPS) is 17.8. The summed E-state index contributed by atoms with van der Waals surface area (Å²) in [6.45, 7) is -0.520. The molecule has 1 atom stereocenters. The van der Waals surface area contributed by atoms with Gasteiger partial charge in [0.05, 0.1) is 6.54 Å². The molecule has 0 radical (unpaired) electrons. The molecule has 2 rings (SSSR count). The molecule has 0 bridgehead atoms. The Bertz CT molecular complexity index is 398. The second kappa shape index (κ2) is 4.69. The lowest BCUT2D eigenvalue weighted by atomic mass is 10.1. The summed E-state index contributed by atoms with van der Waals surface area (Å²) in [4.78, 5) is 13.0. The first-order valence-corrected chi connectivity index (χ1v) is 5.45. The van der Waals surface area contributed by atoms with E-state index in [4.69, 9.17) is 0 Å². The molecule has 1 aliphatic heterocycles. The highest BCUT2D eigenvalue weighted by molar-refractivity contribution is 5.87. The molecule has 0 spiro atoms. The van der Waals surface area contributed by atoms with Crippen molar-refractivity contribution in [2.45, 2.75) is 18.9 Å². The Labute approximate surface area is 98.4 Å². The molecule has 0 aromatic heterocycles. The van der Waals surface area contributed by atoms with Gasteiger partial charge in [-0.3, -0.25) is 4.79 Å². The molecule has 0 unspecified atom stereocenters. The third-order valence-electron chi connectivity index (χ3n) is 2.86. The van der Waals surface area contributed by atoms with Crippen LogP contribution in [0, 0.1) is 0 Å². The van der Waals surface area contributed by atoms with E-state index in [1.165, 1.54) is 7.05 Å². The number of nitrogens with one attached hydrogen (secondary N) is 1. The van der Waals surface area contributed by atoms with Crippen LogP contribution in [-0.4, -0.2) is 36.9 Å². The lowest BCUT2D eigenvalue weighted by Gasteiger charge is -2.20. The fraction of sp³-hybridized carbons (Fsp3) is 0.417. The van der Waals surface area contributed by atoms with Gasteiger partial charge in [0.25, 0.3) is 6.43 Å². The summed E-state index contributed by atoms with van der Waals surface area (Å²) in [6.07, 6.45) is -1.93. The molecule has 5 heteroatoms. The predicted octanol–water partition coefficient (Wildman–Crippen LogP) is 1.75. The third-order valence-corrected chi connectivity index (χ3v) is 2.86. The number of halogens is 2. The number of nitrogens with zero attached hydrogens (tertiary/aromatic N) is 1. The number of rotatable bonds is 3. The lowest BCUT2D eigenvalue weighted by molar-refractivity contribution is -0.132. The quantitative estimate of drug-likeness (QED) is 0.873. The van der Waals surface area contributed by atoms with Crippen LogP contribution in [0.15, 0.2) is 24.3 Å². The highest BCUT2D eigenvalue weighted by atomic mass is 19.3. The Morgan fingerprint density at radius 3 is 2.88 bits per heavy atom.